The van der Waals surface area contributed by atoms with Gasteiger partial charge in [0.1, 0.15) is 11.6 Å². The van der Waals surface area contributed by atoms with E-state index in [0.29, 0.717) is 29.6 Å². The zero-order chi connectivity index (χ0) is 17.7. The van der Waals surface area contributed by atoms with Gasteiger partial charge in [-0.05, 0) is 39.4 Å². The maximum atomic E-state index is 14.2. The number of nitrogens with zero attached hydrogens (tertiary/aromatic N) is 3. The van der Waals surface area contributed by atoms with Gasteiger partial charge in [0, 0.05) is 12.5 Å². The summed E-state index contributed by atoms with van der Waals surface area (Å²) in [6.07, 6.45) is 0.467. The van der Waals surface area contributed by atoms with Crippen LogP contribution >= 0.6 is 11.8 Å². The molecule has 0 saturated carbocycles. The summed E-state index contributed by atoms with van der Waals surface area (Å²) in [5.74, 6) is 0.0942. The number of hydrogen-bond donors (Lipinski definition) is 2. The van der Waals surface area contributed by atoms with Crippen LogP contribution in [0.2, 0.25) is 0 Å². The molecule has 1 aromatic heterocycles. The van der Waals surface area contributed by atoms with Gasteiger partial charge in [-0.2, -0.15) is 0 Å². The van der Waals surface area contributed by atoms with Crippen molar-refractivity contribution in [1.29, 1.82) is 0 Å². The molecule has 6 nitrogen and oxygen atoms in total. The molecule has 0 fully saturated rings. The molecule has 1 aromatic carbocycles. The normalized spacial score (nSPS) is 12.4. The van der Waals surface area contributed by atoms with E-state index < -0.39 is 0 Å². The first-order chi connectivity index (χ1) is 11.4. The number of thioether (sulfide) groups is 1. The standard InChI is InChI=1S/C16H22FN5OS/c1-10(2)19-15(23)11(3)24-16-21-20-14(8-9-18)22(16)13-7-5-4-6-12(13)17/h4-7,10-11H,8-9,18H2,1-3H3,(H,19,23)/t11-/m0/s1. The van der Waals surface area contributed by atoms with Crippen molar-refractivity contribution < 1.29 is 9.18 Å². The molecule has 2 rings (SSSR count). The minimum absolute atomic E-state index is 0.0535. The molecular weight excluding hydrogens is 329 g/mol. The predicted molar refractivity (Wildman–Crippen MR) is 92.7 cm³/mol. The fourth-order valence-corrected chi connectivity index (χ4v) is 3.04. The smallest absolute Gasteiger partial charge is 0.233 e. The van der Waals surface area contributed by atoms with Crippen molar-refractivity contribution >= 4 is 17.7 Å². The third kappa shape index (κ3) is 4.33. The van der Waals surface area contributed by atoms with Gasteiger partial charge in [-0.15, -0.1) is 10.2 Å². The Kier molecular flexibility index (Phi) is 6.33. The first-order valence-corrected chi connectivity index (χ1v) is 8.68. The highest BCUT2D eigenvalue weighted by molar-refractivity contribution is 8.00. The fourth-order valence-electron chi connectivity index (χ4n) is 2.16. The van der Waals surface area contributed by atoms with Crippen LogP contribution in [-0.2, 0) is 11.2 Å². The molecular formula is C16H22FN5OS. The van der Waals surface area contributed by atoms with Gasteiger partial charge in [-0.3, -0.25) is 9.36 Å². The maximum Gasteiger partial charge on any atom is 0.233 e. The maximum absolute atomic E-state index is 14.2. The van der Waals surface area contributed by atoms with E-state index in [0.717, 1.165) is 0 Å². The number of aromatic nitrogens is 3. The zero-order valence-electron chi connectivity index (χ0n) is 14.0. The molecule has 0 bridgehead atoms. The number of carbonyl (C=O) groups excluding carboxylic acids is 1. The quantitative estimate of drug-likeness (QED) is 0.744. The SMILES string of the molecule is CC(C)NC(=O)[C@H](C)Sc1nnc(CCN)n1-c1ccccc1F. The molecule has 8 heteroatoms. The lowest BCUT2D eigenvalue weighted by molar-refractivity contribution is -0.120. The Morgan fingerprint density at radius 2 is 2.04 bits per heavy atom. The van der Waals surface area contributed by atoms with E-state index >= 15 is 0 Å². The molecule has 1 atom stereocenters. The van der Waals surface area contributed by atoms with Crippen LogP contribution in [0.15, 0.2) is 29.4 Å². The number of hydrogen-bond acceptors (Lipinski definition) is 5. The lowest BCUT2D eigenvalue weighted by atomic mass is 10.3. The minimum Gasteiger partial charge on any atom is -0.353 e. The molecule has 130 valence electrons. The first-order valence-electron chi connectivity index (χ1n) is 7.80. The van der Waals surface area contributed by atoms with Crippen molar-refractivity contribution in [1.82, 2.24) is 20.1 Å². The third-order valence-corrected chi connectivity index (χ3v) is 4.29. The summed E-state index contributed by atoms with van der Waals surface area (Å²) >= 11 is 1.24. The molecule has 1 heterocycles. The Morgan fingerprint density at radius 1 is 1.33 bits per heavy atom. The summed E-state index contributed by atoms with van der Waals surface area (Å²) in [6.45, 7) is 5.96. The molecule has 0 radical (unpaired) electrons. The summed E-state index contributed by atoms with van der Waals surface area (Å²) < 4.78 is 15.9. The van der Waals surface area contributed by atoms with Gasteiger partial charge in [-0.1, -0.05) is 23.9 Å². The average molecular weight is 351 g/mol. The van der Waals surface area contributed by atoms with Crippen LogP contribution in [0.4, 0.5) is 4.39 Å². The fraction of sp³-hybridized carbons (Fsp3) is 0.438. The number of nitrogens with two attached hydrogens (primary N) is 1. The second-order valence-electron chi connectivity index (χ2n) is 5.65. The molecule has 0 aliphatic rings. The molecule has 0 aliphatic carbocycles. The molecule has 2 aromatic rings. The summed E-state index contributed by atoms with van der Waals surface area (Å²) in [7, 11) is 0. The van der Waals surface area contributed by atoms with E-state index in [-0.39, 0.29) is 23.0 Å². The van der Waals surface area contributed by atoms with Crippen molar-refractivity contribution in [2.24, 2.45) is 5.73 Å². The zero-order valence-corrected chi connectivity index (χ0v) is 14.8. The minimum atomic E-state index is -0.382. The van der Waals surface area contributed by atoms with Gasteiger partial charge in [0.25, 0.3) is 0 Å². The highest BCUT2D eigenvalue weighted by Gasteiger charge is 2.22. The lowest BCUT2D eigenvalue weighted by Crippen LogP contribution is -2.36. The number of nitrogens with one attached hydrogen (secondary N) is 1. The summed E-state index contributed by atoms with van der Waals surface area (Å²) in [4.78, 5) is 12.1. The second kappa shape index (κ2) is 8.25. The van der Waals surface area contributed by atoms with Gasteiger partial charge in [0.2, 0.25) is 5.91 Å². The Hall–Kier alpha value is -1.93. The van der Waals surface area contributed by atoms with E-state index in [4.69, 9.17) is 5.73 Å². The third-order valence-electron chi connectivity index (χ3n) is 3.24. The predicted octanol–water partition coefficient (Wildman–Crippen LogP) is 1.91. The van der Waals surface area contributed by atoms with Crippen LogP contribution in [-0.4, -0.2) is 38.5 Å². The number of amides is 1. The van der Waals surface area contributed by atoms with Crippen molar-refractivity contribution in [2.45, 2.75) is 43.6 Å². The second-order valence-corrected chi connectivity index (χ2v) is 6.96. The van der Waals surface area contributed by atoms with Gasteiger partial charge in [-0.25, -0.2) is 4.39 Å². The van der Waals surface area contributed by atoms with Crippen molar-refractivity contribution in [3.05, 3.63) is 35.9 Å². The number of para-hydroxylation sites is 1. The molecule has 3 N–H and O–H groups in total. The summed E-state index contributed by atoms with van der Waals surface area (Å²) in [6, 6.07) is 6.45. The van der Waals surface area contributed by atoms with Crippen LogP contribution in [0.25, 0.3) is 5.69 Å². The van der Waals surface area contributed by atoms with Gasteiger partial charge < -0.3 is 11.1 Å². The van der Waals surface area contributed by atoms with E-state index in [9.17, 15) is 9.18 Å². The molecule has 0 saturated heterocycles. The van der Waals surface area contributed by atoms with Gasteiger partial charge in [0.05, 0.1) is 10.9 Å². The topological polar surface area (TPSA) is 85.8 Å². The monoisotopic (exact) mass is 351 g/mol. The van der Waals surface area contributed by atoms with E-state index in [1.54, 1.807) is 29.7 Å². The highest BCUT2D eigenvalue weighted by atomic mass is 32.2. The lowest BCUT2D eigenvalue weighted by Gasteiger charge is -2.15. The summed E-state index contributed by atoms with van der Waals surface area (Å²) in [5, 5.41) is 11.2. The number of benzene rings is 1. The summed E-state index contributed by atoms with van der Waals surface area (Å²) in [5.41, 5.74) is 5.97. The Balaban J connectivity index is 2.34. The van der Waals surface area contributed by atoms with Crippen molar-refractivity contribution in [2.75, 3.05) is 6.54 Å². The van der Waals surface area contributed by atoms with Crippen LogP contribution in [0.3, 0.4) is 0 Å². The van der Waals surface area contributed by atoms with Crippen molar-refractivity contribution in [3.8, 4) is 5.69 Å². The van der Waals surface area contributed by atoms with Crippen LogP contribution in [0, 0.1) is 5.82 Å². The van der Waals surface area contributed by atoms with Gasteiger partial charge in [0.15, 0.2) is 5.16 Å². The largest absolute Gasteiger partial charge is 0.353 e. The Morgan fingerprint density at radius 3 is 2.67 bits per heavy atom. The Bertz CT molecular complexity index is 704. The molecule has 0 aliphatic heterocycles. The van der Waals surface area contributed by atoms with E-state index in [2.05, 4.69) is 15.5 Å². The molecule has 0 spiro atoms. The number of carbonyl (C=O) groups is 1. The highest BCUT2D eigenvalue weighted by Crippen LogP contribution is 2.27. The van der Waals surface area contributed by atoms with Crippen LogP contribution in [0.1, 0.15) is 26.6 Å². The number of halogens is 1. The molecule has 0 unspecified atom stereocenters. The average Bonchev–Trinajstić information content (AvgIpc) is 2.90. The van der Waals surface area contributed by atoms with Crippen LogP contribution in [0.5, 0.6) is 0 Å². The number of rotatable bonds is 7. The van der Waals surface area contributed by atoms with Gasteiger partial charge >= 0.3 is 0 Å². The molecule has 24 heavy (non-hydrogen) atoms. The van der Waals surface area contributed by atoms with E-state index in [1.165, 1.54) is 17.8 Å². The van der Waals surface area contributed by atoms with Crippen LogP contribution < -0.4 is 11.1 Å². The molecule has 1 amide bonds. The first kappa shape index (κ1) is 18.4. The van der Waals surface area contributed by atoms with E-state index in [1.807, 2.05) is 13.8 Å². The van der Waals surface area contributed by atoms with Crippen molar-refractivity contribution in [3.63, 3.8) is 0 Å². The Labute approximate surface area is 145 Å².